The predicted octanol–water partition coefficient (Wildman–Crippen LogP) is 33.8. The highest BCUT2D eigenvalue weighted by atomic mass is 15.0. The summed E-state index contributed by atoms with van der Waals surface area (Å²) in [6, 6.07) is 138. The zero-order chi connectivity index (χ0) is 93.5. The second-order valence-electron chi connectivity index (χ2n) is 41.6. The van der Waals surface area contributed by atoms with Crippen LogP contribution in [0.15, 0.2) is 364 Å². The van der Waals surface area contributed by atoms with Gasteiger partial charge in [0.1, 0.15) is 0 Å². The summed E-state index contributed by atoms with van der Waals surface area (Å²) in [6.07, 6.45) is 0. The highest BCUT2D eigenvalue weighted by Gasteiger charge is 2.32. The Morgan fingerprint density at radius 3 is 0.521 bits per heavy atom. The van der Waals surface area contributed by atoms with E-state index in [-0.39, 0.29) is 0 Å². The molecule has 39 aromatic rings. The average Bonchev–Trinajstić information content (AvgIpc) is 1.51. The molecule has 0 N–H and O–H groups in total. The molecule has 12 heteroatoms. The maximum Gasteiger partial charge on any atom is 0.0641 e. The van der Waals surface area contributed by atoms with E-state index in [0.29, 0.717) is 0 Å². The minimum absolute atomic E-state index is 1.27. The molecule has 144 heavy (non-hydrogen) atoms. The van der Waals surface area contributed by atoms with Gasteiger partial charge in [0.2, 0.25) is 0 Å². The Bertz CT molecular complexity index is 12300. The van der Waals surface area contributed by atoms with Crippen LogP contribution in [0.3, 0.4) is 0 Å². The summed E-state index contributed by atoms with van der Waals surface area (Å²) in [7, 11) is 13.2. The summed E-state index contributed by atoms with van der Waals surface area (Å²) in [5.74, 6) is 0. The molecule has 0 unspecified atom stereocenters. The molecule has 0 fully saturated rings. The van der Waals surface area contributed by atoms with Gasteiger partial charge in [0, 0.05) is 280 Å². The monoisotopic (exact) mass is 1830 g/mol. The lowest BCUT2D eigenvalue weighted by molar-refractivity contribution is 1.01. The lowest BCUT2D eigenvalue weighted by Gasteiger charge is -2.04. The maximum absolute atomic E-state index is 2.58. The van der Waals surface area contributed by atoms with Crippen molar-refractivity contribution in [2.75, 3.05) is 0 Å². The van der Waals surface area contributed by atoms with Crippen molar-refractivity contribution in [1.82, 2.24) is 53.8 Å². The van der Waals surface area contributed by atoms with Gasteiger partial charge in [0.15, 0.2) is 0 Å². The van der Waals surface area contributed by atoms with Gasteiger partial charge in [-0.25, -0.2) is 0 Å². The van der Waals surface area contributed by atoms with Crippen molar-refractivity contribution in [3.05, 3.63) is 364 Å². The Balaban J connectivity index is 0.0000000888. The number of rotatable bonds is 0. The molecule has 666 valence electrons. The third-order valence-electron chi connectivity index (χ3n) is 35.5. The van der Waals surface area contributed by atoms with Gasteiger partial charge >= 0.3 is 0 Å². The molecule has 18 aromatic heterocycles. The van der Waals surface area contributed by atoms with Crippen LogP contribution in [0.1, 0.15) is 0 Å². The number of hydrogen-bond acceptors (Lipinski definition) is 0. The minimum Gasteiger partial charge on any atom is -0.344 e. The van der Waals surface area contributed by atoms with Crippen molar-refractivity contribution < 1.29 is 0 Å². The van der Waals surface area contributed by atoms with Crippen LogP contribution in [-0.4, -0.2) is 53.8 Å². The van der Waals surface area contributed by atoms with E-state index in [1.54, 1.807) is 0 Å². The zero-order valence-electron chi connectivity index (χ0n) is 79.0. The fourth-order valence-electron chi connectivity index (χ4n) is 29.4. The molecule has 18 heterocycles. The molecule has 0 radical (unpaired) electrons. The molecule has 0 aliphatic heterocycles. The van der Waals surface area contributed by atoms with E-state index in [1.807, 2.05) is 0 Å². The Morgan fingerprint density at radius 2 is 0.257 bits per heavy atom. The van der Waals surface area contributed by atoms with Gasteiger partial charge < -0.3 is 53.8 Å². The van der Waals surface area contributed by atoms with Gasteiger partial charge in [-0.2, -0.15) is 0 Å². The van der Waals surface area contributed by atoms with Crippen LogP contribution in [0.25, 0.3) is 359 Å². The summed E-state index contributed by atoms with van der Waals surface area (Å²) < 4.78 is 29.4. The fraction of sp³-hybridized carbons (Fsp3) is 0.0455. The van der Waals surface area contributed by atoms with Crippen LogP contribution in [0.2, 0.25) is 0 Å². The first kappa shape index (κ1) is 74.3. The smallest absolute Gasteiger partial charge is 0.0641 e. The summed E-state index contributed by atoms with van der Waals surface area (Å²) in [5.41, 5.74) is 38.5. The highest BCUT2D eigenvalue weighted by molar-refractivity contribution is 6.39. The van der Waals surface area contributed by atoms with E-state index in [2.05, 4.69) is 460 Å². The second-order valence-corrected chi connectivity index (χ2v) is 41.6. The Morgan fingerprint density at radius 1 is 0.0972 bits per heavy atom. The molecule has 0 amide bonds. The molecular formula is C132H78N12. The fourth-order valence-corrected chi connectivity index (χ4v) is 29.4. The zero-order valence-corrected chi connectivity index (χ0v) is 79.0. The highest BCUT2D eigenvalue weighted by Crippen LogP contribution is 2.55. The number of fused-ring (bicyclic) bond motifs is 56. The van der Waals surface area contributed by atoms with Crippen LogP contribution in [0.5, 0.6) is 0 Å². The first-order chi connectivity index (χ1) is 71.0. The van der Waals surface area contributed by atoms with Gasteiger partial charge in [-0.3, -0.25) is 0 Å². The summed E-state index contributed by atoms with van der Waals surface area (Å²) >= 11 is 0. The van der Waals surface area contributed by atoms with Gasteiger partial charge in [0.25, 0.3) is 0 Å². The number of nitrogens with zero attached hydrogens (tertiary/aromatic N) is 12. The number of benzene rings is 21. The van der Waals surface area contributed by atoms with Crippen LogP contribution in [-0.2, 0) is 42.3 Å². The standard InChI is InChI=1S/3C44H26N4/c1-45-35-15-5-3-9-23(35)29-19-39-31(17-37(29)45)25-11-7-13-27-33-22-42-34(21-41(33)47(39)43(25)27)28-14-8-12-26-32-18-38-30(20-40(32)48(42)44(26)28)24-10-4-6-16-36(24)46(38)2;1-45-35-15-5-3-9-23(35)29-17-31-25-11-7-13-27-33-20-40-34(19-39(33)47(43(25)27)41(31)21-37(29)45)28-14-8-12-26-32-18-30-24-10-4-6-16-36(24)46(2)38(30)22-42(32)48(40)44(26)28;1-45-33-15-5-3-9-29(33)39-35(45)19-17-27-23-11-7-13-25-31-22-38-32(21-37(31)47(41(23)25)43(27)39)26-14-8-12-24-28-18-20-36-40(44(28)48(38)42(24)26)30-10-4-6-16-34(30)46(36)2/h3*3-22H,1-2H3. The third kappa shape index (κ3) is 8.36. The molecule has 0 aliphatic carbocycles. The predicted molar refractivity (Wildman–Crippen MR) is 611 cm³/mol. The molecule has 0 aliphatic rings. The molecule has 12 nitrogen and oxygen atoms in total. The third-order valence-corrected chi connectivity index (χ3v) is 35.5. The van der Waals surface area contributed by atoms with Crippen molar-refractivity contribution in [1.29, 1.82) is 0 Å². The van der Waals surface area contributed by atoms with Crippen LogP contribution in [0.4, 0.5) is 0 Å². The van der Waals surface area contributed by atoms with E-state index >= 15 is 0 Å². The average molecular weight is 1830 g/mol. The van der Waals surface area contributed by atoms with Crippen LogP contribution < -0.4 is 0 Å². The summed E-state index contributed by atoms with van der Waals surface area (Å²) in [6.45, 7) is 0. The Labute approximate surface area is 813 Å². The lowest BCUT2D eigenvalue weighted by atomic mass is 10.0. The van der Waals surface area contributed by atoms with Crippen molar-refractivity contribution >= 4 is 359 Å². The summed E-state index contributed by atoms with van der Waals surface area (Å²) in [5, 5.41) is 47.3. The molecule has 21 aromatic carbocycles. The van der Waals surface area contributed by atoms with Gasteiger partial charge in [-0.15, -0.1) is 0 Å². The van der Waals surface area contributed by atoms with Crippen LogP contribution >= 0.6 is 0 Å². The number of para-hydroxylation sites is 12. The normalized spacial score (nSPS) is 13.2. The Hall–Kier alpha value is -18.8. The SMILES string of the molecule is Cn1c2ccccc2c2c1ccc1c3cccc4c5cc6c(cc5n(c43)c12)c1cccc2c3ccc4c(c5ccccc5n4C)c3n6c12.Cn1c2ccccc2c2cc3c(cc21)c1cccc2c4cc5c(cc4n3c12)c1cccc2c3cc4c(cc3n5c21)c1ccccc1n4C.Cn1c2ccccc2c2cc3c4cccc5c6cc7c(cc6n(c3cc21)c54)c1cccc2c3cc4c5ccccc5n(C)c4cc3n7c12. The number of hydrogen-bond donors (Lipinski definition) is 0. The first-order valence-corrected chi connectivity index (χ1v) is 50.2. The molecule has 0 saturated heterocycles. The molecule has 0 atom stereocenters. The van der Waals surface area contributed by atoms with Crippen molar-refractivity contribution in [3.63, 3.8) is 0 Å². The van der Waals surface area contributed by atoms with E-state index in [4.69, 9.17) is 0 Å². The maximum atomic E-state index is 2.58. The Kier molecular flexibility index (Phi) is 12.9. The topological polar surface area (TPSA) is 56.0 Å². The van der Waals surface area contributed by atoms with Crippen molar-refractivity contribution in [2.45, 2.75) is 0 Å². The van der Waals surface area contributed by atoms with Crippen LogP contribution in [0, 0.1) is 0 Å². The second kappa shape index (κ2) is 24.9. The largest absolute Gasteiger partial charge is 0.344 e. The van der Waals surface area contributed by atoms with Gasteiger partial charge in [-0.05, 0) is 133 Å². The number of aryl methyl sites for hydroxylation is 6. The van der Waals surface area contributed by atoms with E-state index in [9.17, 15) is 0 Å². The summed E-state index contributed by atoms with van der Waals surface area (Å²) in [4.78, 5) is 0. The van der Waals surface area contributed by atoms with E-state index in [1.165, 1.54) is 359 Å². The minimum atomic E-state index is 1.27. The molecule has 0 spiro atoms. The van der Waals surface area contributed by atoms with Gasteiger partial charge in [0.05, 0.1) is 121 Å². The first-order valence-electron chi connectivity index (χ1n) is 50.2. The lowest BCUT2D eigenvalue weighted by Crippen LogP contribution is -1.88. The molecular weight excluding hydrogens is 1750 g/mol. The van der Waals surface area contributed by atoms with Crippen molar-refractivity contribution in [2.24, 2.45) is 42.3 Å². The number of aromatic nitrogens is 12. The van der Waals surface area contributed by atoms with E-state index < -0.39 is 0 Å². The van der Waals surface area contributed by atoms with Gasteiger partial charge in [-0.1, -0.05) is 231 Å². The van der Waals surface area contributed by atoms with E-state index in [0.717, 1.165) is 0 Å². The molecule has 0 bridgehead atoms. The quantitative estimate of drug-likeness (QED) is 0.145. The van der Waals surface area contributed by atoms with Crippen molar-refractivity contribution in [3.8, 4) is 0 Å². The molecule has 0 saturated carbocycles. The molecule has 39 rings (SSSR count).